The summed E-state index contributed by atoms with van der Waals surface area (Å²) in [5.41, 5.74) is 0. The van der Waals surface area contributed by atoms with Gasteiger partial charge >= 0.3 is 5.97 Å². The SMILES string of the molecule is CC1COCCC1OC(=O)CCl. The molecule has 0 amide bonds. The highest BCUT2D eigenvalue weighted by Gasteiger charge is 2.24. The molecular formula is C8H13ClO3. The summed E-state index contributed by atoms with van der Waals surface area (Å²) in [4.78, 5) is 10.8. The molecule has 1 saturated heterocycles. The third-order valence-corrected chi connectivity index (χ3v) is 2.17. The summed E-state index contributed by atoms with van der Waals surface area (Å²) in [7, 11) is 0. The third kappa shape index (κ3) is 2.64. The van der Waals surface area contributed by atoms with Gasteiger partial charge in [0.15, 0.2) is 0 Å². The number of ether oxygens (including phenoxy) is 2. The topological polar surface area (TPSA) is 35.5 Å². The lowest BCUT2D eigenvalue weighted by molar-refractivity contribution is -0.154. The molecule has 3 nitrogen and oxygen atoms in total. The van der Waals surface area contributed by atoms with Crippen molar-refractivity contribution in [3.8, 4) is 0 Å². The van der Waals surface area contributed by atoms with Gasteiger partial charge in [0.25, 0.3) is 0 Å². The number of hydrogen-bond acceptors (Lipinski definition) is 3. The van der Waals surface area contributed by atoms with Gasteiger partial charge in [-0.2, -0.15) is 0 Å². The molecule has 0 radical (unpaired) electrons. The molecule has 0 bridgehead atoms. The van der Waals surface area contributed by atoms with Gasteiger partial charge in [0.1, 0.15) is 12.0 Å². The molecule has 0 N–H and O–H groups in total. The van der Waals surface area contributed by atoms with Crippen molar-refractivity contribution in [1.29, 1.82) is 0 Å². The molecule has 2 unspecified atom stereocenters. The van der Waals surface area contributed by atoms with E-state index in [1.807, 2.05) is 6.92 Å². The summed E-state index contributed by atoms with van der Waals surface area (Å²) in [6.07, 6.45) is 0.772. The molecule has 0 aliphatic carbocycles. The van der Waals surface area contributed by atoms with E-state index < -0.39 is 0 Å². The summed E-state index contributed by atoms with van der Waals surface area (Å²) in [5.74, 6) is -0.120. The molecule has 12 heavy (non-hydrogen) atoms. The molecular weight excluding hydrogens is 180 g/mol. The first kappa shape index (κ1) is 9.81. The number of rotatable bonds is 2. The van der Waals surface area contributed by atoms with Crippen molar-refractivity contribution >= 4 is 17.6 Å². The fourth-order valence-electron chi connectivity index (χ4n) is 1.24. The van der Waals surface area contributed by atoms with E-state index in [0.717, 1.165) is 6.42 Å². The zero-order valence-corrected chi connectivity index (χ0v) is 7.84. The lowest BCUT2D eigenvalue weighted by Crippen LogP contribution is -2.34. The smallest absolute Gasteiger partial charge is 0.321 e. The number of alkyl halides is 1. The van der Waals surface area contributed by atoms with E-state index in [0.29, 0.717) is 13.2 Å². The fraction of sp³-hybridized carbons (Fsp3) is 0.875. The van der Waals surface area contributed by atoms with Gasteiger partial charge in [0.05, 0.1) is 13.2 Å². The van der Waals surface area contributed by atoms with Crippen molar-refractivity contribution < 1.29 is 14.3 Å². The van der Waals surface area contributed by atoms with Gasteiger partial charge < -0.3 is 9.47 Å². The second kappa shape index (κ2) is 4.67. The maximum absolute atomic E-state index is 10.8. The molecule has 0 saturated carbocycles. The summed E-state index contributed by atoms with van der Waals surface area (Å²) in [6, 6.07) is 0. The molecule has 0 aromatic rings. The van der Waals surface area contributed by atoms with E-state index in [2.05, 4.69) is 0 Å². The van der Waals surface area contributed by atoms with Crippen molar-refractivity contribution in [2.75, 3.05) is 19.1 Å². The maximum Gasteiger partial charge on any atom is 0.321 e. The van der Waals surface area contributed by atoms with E-state index in [9.17, 15) is 4.79 Å². The molecule has 1 rings (SSSR count). The van der Waals surface area contributed by atoms with E-state index in [1.54, 1.807) is 0 Å². The van der Waals surface area contributed by atoms with Crippen LogP contribution in [0.4, 0.5) is 0 Å². The highest BCUT2D eigenvalue weighted by atomic mass is 35.5. The van der Waals surface area contributed by atoms with Crippen LogP contribution in [0.2, 0.25) is 0 Å². The highest BCUT2D eigenvalue weighted by molar-refractivity contribution is 6.26. The van der Waals surface area contributed by atoms with Crippen LogP contribution < -0.4 is 0 Å². The Bertz CT molecular complexity index is 160. The molecule has 1 heterocycles. The Balaban J connectivity index is 2.33. The minimum Gasteiger partial charge on any atom is -0.461 e. The van der Waals surface area contributed by atoms with E-state index in [1.165, 1.54) is 0 Å². The molecule has 2 atom stereocenters. The number of hydrogen-bond donors (Lipinski definition) is 0. The average molecular weight is 193 g/mol. The number of esters is 1. The molecule has 1 aliphatic rings. The lowest BCUT2D eigenvalue weighted by Gasteiger charge is -2.28. The van der Waals surface area contributed by atoms with Crippen LogP contribution in [-0.4, -0.2) is 31.2 Å². The van der Waals surface area contributed by atoms with Gasteiger partial charge in [-0.3, -0.25) is 4.79 Å². The Morgan fingerprint density at radius 2 is 2.50 bits per heavy atom. The van der Waals surface area contributed by atoms with Gasteiger partial charge in [-0.1, -0.05) is 6.92 Å². The first-order valence-electron chi connectivity index (χ1n) is 4.07. The zero-order valence-electron chi connectivity index (χ0n) is 7.09. The second-order valence-corrected chi connectivity index (χ2v) is 3.27. The Labute approximate surface area is 77.0 Å². The van der Waals surface area contributed by atoms with E-state index >= 15 is 0 Å². The van der Waals surface area contributed by atoms with Gasteiger partial charge in [0, 0.05) is 12.3 Å². The summed E-state index contributed by atoms with van der Waals surface area (Å²) in [6.45, 7) is 3.34. The van der Waals surface area contributed by atoms with Crippen LogP contribution >= 0.6 is 11.6 Å². The first-order chi connectivity index (χ1) is 5.74. The Morgan fingerprint density at radius 1 is 1.75 bits per heavy atom. The second-order valence-electron chi connectivity index (χ2n) is 3.00. The van der Waals surface area contributed by atoms with Crippen molar-refractivity contribution in [2.45, 2.75) is 19.4 Å². The van der Waals surface area contributed by atoms with Gasteiger partial charge in [-0.05, 0) is 0 Å². The summed E-state index contributed by atoms with van der Waals surface area (Å²) >= 11 is 5.31. The predicted molar refractivity (Wildman–Crippen MR) is 45.2 cm³/mol. The molecule has 1 fully saturated rings. The van der Waals surface area contributed by atoms with E-state index in [-0.39, 0.29) is 23.9 Å². The molecule has 4 heteroatoms. The number of carbonyl (C=O) groups is 1. The van der Waals surface area contributed by atoms with Gasteiger partial charge in [0.2, 0.25) is 0 Å². The van der Waals surface area contributed by atoms with Crippen molar-refractivity contribution in [3.63, 3.8) is 0 Å². The Hall–Kier alpha value is -0.280. The molecule has 0 aromatic heterocycles. The first-order valence-corrected chi connectivity index (χ1v) is 4.60. The zero-order chi connectivity index (χ0) is 8.97. The minimum atomic E-state index is -0.338. The molecule has 1 aliphatic heterocycles. The molecule has 0 spiro atoms. The quantitative estimate of drug-likeness (QED) is 0.487. The molecule has 70 valence electrons. The van der Waals surface area contributed by atoms with Crippen LogP contribution in [0, 0.1) is 5.92 Å². The highest BCUT2D eigenvalue weighted by Crippen LogP contribution is 2.17. The van der Waals surface area contributed by atoms with Gasteiger partial charge in [-0.25, -0.2) is 0 Å². The fourth-order valence-corrected chi connectivity index (χ4v) is 1.30. The Kier molecular flexibility index (Phi) is 3.82. The average Bonchev–Trinajstić information content (AvgIpc) is 2.09. The van der Waals surface area contributed by atoms with Crippen LogP contribution in [0.5, 0.6) is 0 Å². The maximum atomic E-state index is 10.8. The molecule has 0 aromatic carbocycles. The standard InChI is InChI=1S/C8H13ClO3/c1-6-5-11-3-2-7(6)12-8(10)4-9/h6-7H,2-5H2,1H3. The van der Waals surface area contributed by atoms with Crippen LogP contribution in [0.25, 0.3) is 0 Å². The van der Waals surface area contributed by atoms with Crippen molar-refractivity contribution in [2.24, 2.45) is 5.92 Å². The lowest BCUT2D eigenvalue weighted by atomic mass is 10.0. The van der Waals surface area contributed by atoms with E-state index in [4.69, 9.17) is 21.1 Å². The minimum absolute atomic E-state index is 0.00926. The van der Waals surface area contributed by atoms with Crippen LogP contribution in [0.15, 0.2) is 0 Å². The summed E-state index contributed by atoms with van der Waals surface area (Å²) < 4.78 is 10.3. The number of carbonyl (C=O) groups excluding carboxylic acids is 1. The predicted octanol–water partition coefficient (Wildman–Crippen LogP) is 1.19. The van der Waals surface area contributed by atoms with Crippen LogP contribution in [-0.2, 0) is 14.3 Å². The van der Waals surface area contributed by atoms with Gasteiger partial charge in [-0.15, -0.1) is 11.6 Å². The van der Waals surface area contributed by atoms with Crippen LogP contribution in [0.3, 0.4) is 0 Å². The monoisotopic (exact) mass is 192 g/mol. The van der Waals surface area contributed by atoms with Crippen molar-refractivity contribution in [1.82, 2.24) is 0 Å². The van der Waals surface area contributed by atoms with Crippen molar-refractivity contribution in [3.05, 3.63) is 0 Å². The third-order valence-electron chi connectivity index (χ3n) is 1.95. The number of halogens is 1. The Morgan fingerprint density at radius 3 is 3.08 bits per heavy atom. The summed E-state index contributed by atoms with van der Waals surface area (Å²) in [5, 5.41) is 0. The van der Waals surface area contributed by atoms with Crippen LogP contribution in [0.1, 0.15) is 13.3 Å². The largest absolute Gasteiger partial charge is 0.461 e. The normalized spacial score (nSPS) is 29.8.